The molecule has 0 aromatic rings. The van der Waals surface area contributed by atoms with Gasteiger partial charge in [-0.3, -0.25) is 0 Å². The molecule has 120 valence electrons. The van der Waals surface area contributed by atoms with Crippen LogP contribution in [0.5, 0.6) is 0 Å². The fraction of sp³-hybridized carbons (Fsp3) is 1.00. The van der Waals surface area contributed by atoms with Gasteiger partial charge in [-0.25, -0.2) is 0 Å². The van der Waals surface area contributed by atoms with Gasteiger partial charge in [0.15, 0.2) is 8.32 Å². The molecule has 0 unspecified atom stereocenters. The molecular formula is C16H34O3Si. The molecule has 5 atom stereocenters. The molecule has 1 aliphatic heterocycles. The highest BCUT2D eigenvalue weighted by molar-refractivity contribution is 6.74. The van der Waals surface area contributed by atoms with Crippen molar-refractivity contribution in [1.29, 1.82) is 0 Å². The van der Waals surface area contributed by atoms with E-state index in [0.29, 0.717) is 12.7 Å². The number of hydrogen-bond acceptors (Lipinski definition) is 3. The zero-order valence-electron chi connectivity index (χ0n) is 14.6. The molecule has 0 aromatic heterocycles. The summed E-state index contributed by atoms with van der Waals surface area (Å²) in [5.41, 5.74) is 0. The third kappa shape index (κ3) is 4.29. The van der Waals surface area contributed by atoms with Crippen molar-refractivity contribution in [3.8, 4) is 0 Å². The second kappa shape index (κ2) is 6.47. The van der Waals surface area contributed by atoms with E-state index in [-0.39, 0.29) is 29.1 Å². The lowest BCUT2D eigenvalue weighted by Gasteiger charge is -2.37. The molecule has 1 N–H and O–H groups in total. The van der Waals surface area contributed by atoms with E-state index in [4.69, 9.17) is 9.16 Å². The van der Waals surface area contributed by atoms with Crippen molar-refractivity contribution >= 4 is 8.32 Å². The number of rotatable bonds is 7. The van der Waals surface area contributed by atoms with Crippen molar-refractivity contribution in [2.24, 2.45) is 11.8 Å². The van der Waals surface area contributed by atoms with Gasteiger partial charge >= 0.3 is 0 Å². The van der Waals surface area contributed by atoms with Gasteiger partial charge in [0.25, 0.3) is 0 Å². The summed E-state index contributed by atoms with van der Waals surface area (Å²) in [7, 11) is -1.72. The highest BCUT2D eigenvalue weighted by Crippen LogP contribution is 2.38. The van der Waals surface area contributed by atoms with E-state index in [2.05, 4.69) is 54.6 Å². The van der Waals surface area contributed by atoms with E-state index in [0.717, 1.165) is 6.42 Å². The Balaban J connectivity index is 2.44. The Bertz CT molecular complexity index is 311. The van der Waals surface area contributed by atoms with Crippen molar-refractivity contribution in [2.45, 2.75) is 84.4 Å². The number of aliphatic hydroxyl groups excluding tert-OH is 1. The van der Waals surface area contributed by atoms with E-state index in [9.17, 15) is 5.11 Å². The van der Waals surface area contributed by atoms with Crippen LogP contribution in [0.3, 0.4) is 0 Å². The first-order chi connectivity index (χ1) is 9.01. The van der Waals surface area contributed by atoms with Crippen LogP contribution in [-0.4, -0.2) is 38.3 Å². The van der Waals surface area contributed by atoms with Crippen LogP contribution in [0.15, 0.2) is 0 Å². The van der Waals surface area contributed by atoms with Crippen LogP contribution in [-0.2, 0) is 9.16 Å². The summed E-state index contributed by atoms with van der Waals surface area (Å²) < 4.78 is 11.8. The molecule has 1 heterocycles. The Kier molecular flexibility index (Phi) is 5.87. The van der Waals surface area contributed by atoms with Crippen LogP contribution in [0, 0.1) is 11.8 Å². The molecule has 0 spiro atoms. The molecule has 4 heteroatoms. The van der Waals surface area contributed by atoms with Crippen LogP contribution in [0.2, 0.25) is 18.1 Å². The molecular weight excluding hydrogens is 268 g/mol. The van der Waals surface area contributed by atoms with Crippen molar-refractivity contribution in [1.82, 2.24) is 0 Å². The minimum Gasteiger partial charge on any atom is -0.416 e. The summed E-state index contributed by atoms with van der Waals surface area (Å²) in [5, 5.41) is 10.7. The fourth-order valence-electron chi connectivity index (χ4n) is 2.31. The molecule has 1 rings (SSSR count). The van der Waals surface area contributed by atoms with Crippen molar-refractivity contribution < 1.29 is 14.3 Å². The zero-order chi connectivity index (χ0) is 15.7. The fourth-order valence-corrected chi connectivity index (χ4v) is 3.43. The van der Waals surface area contributed by atoms with Gasteiger partial charge in [0.1, 0.15) is 0 Å². The maximum atomic E-state index is 10.5. The largest absolute Gasteiger partial charge is 0.416 e. The lowest BCUT2D eigenvalue weighted by atomic mass is 9.90. The molecule has 0 aromatic carbocycles. The van der Waals surface area contributed by atoms with Gasteiger partial charge in [0.2, 0.25) is 0 Å². The summed E-state index contributed by atoms with van der Waals surface area (Å²) >= 11 is 0. The molecule has 20 heavy (non-hydrogen) atoms. The van der Waals surface area contributed by atoms with Gasteiger partial charge in [0.05, 0.1) is 18.3 Å². The Morgan fingerprint density at radius 2 is 1.80 bits per heavy atom. The predicted octanol–water partition coefficient (Wildman–Crippen LogP) is 3.82. The van der Waals surface area contributed by atoms with Crippen LogP contribution < -0.4 is 0 Å². The van der Waals surface area contributed by atoms with Crippen LogP contribution >= 0.6 is 0 Å². The van der Waals surface area contributed by atoms with Gasteiger partial charge in [-0.15, -0.1) is 0 Å². The van der Waals surface area contributed by atoms with E-state index in [1.54, 1.807) is 0 Å². The number of hydrogen-bond donors (Lipinski definition) is 1. The van der Waals surface area contributed by atoms with Gasteiger partial charge < -0.3 is 14.3 Å². The first-order valence-electron chi connectivity index (χ1n) is 7.98. The first-order valence-corrected chi connectivity index (χ1v) is 10.9. The SMILES string of the molecule is CC[C@@H]1O[C@@H]1[C@H](C)[C@@H](O)[C@H](C)CO[Si](C)(C)C(C)(C)C. The molecule has 1 aliphatic rings. The molecule has 0 radical (unpaired) electrons. The molecule has 3 nitrogen and oxygen atoms in total. The molecule has 0 bridgehead atoms. The third-order valence-corrected chi connectivity index (χ3v) is 9.68. The highest BCUT2D eigenvalue weighted by atomic mass is 28.4. The van der Waals surface area contributed by atoms with Crippen LogP contribution in [0.1, 0.15) is 48.0 Å². The lowest BCUT2D eigenvalue weighted by molar-refractivity contribution is 0.0293. The van der Waals surface area contributed by atoms with E-state index >= 15 is 0 Å². The maximum absolute atomic E-state index is 10.5. The Morgan fingerprint density at radius 1 is 1.25 bits per heavy atom. The topological polar surface area (TPSA) is 42.0 Å². The quantitative estimate of drug-likeness (QED) is 0.574. The predicted molar refractivity (Wildman–Crippen MR) is 86.4 cm³/mol. The van der Waals surface area contributed by atoms with Crippen molar-refractivity contribution in [3.63, 3.8) is 0 Å². The monoisotopic (exact) mass is 302 g/mol. The van der Waals surface area contributed by atoms with Crippen LogP contribution in [0.25, 0.3) is 0 Å². The Hall–Kier alpha value is 0.0969. The van der Waals surface area contributed by atoms with E-state index < -0.39 is 8.32 Å². The average Bonchev–Trinajstić information content (AvgIpc) is 3.12. The molecule has 0 aliphatic carbocycles. The number of aliphatic hydroxyl groups is 1. The Labute approximate surface area is 126 Å². The number of ether oxygens (including phenoxy) is 1. The summed E-state index contributed by atoms with van der Waals surface area (Å²) in [4.78, 5) is 0. The molecule has 0 saturated carbocycles. The second-order valence-corrected chi connectivity index (χ2v) is 12.8. The maximum Gasteiger partial charge on any atom is 0.191 e. The summed E-state index contributed by atoms with van der Waals surface area (Å²) in [6.45, 7) is 18.2. The first kappa shape index (κ1) is 18.1. The smallest absolute Gasteiger partial charge is 0.191 e. The van der Waals surface area contributed by atoms with E-state index in [1.807, 2.05) is 0 Å². The van der Waals surface area contributed by atoms with Gasteiger partial charge in [0, 0.05) is 18.4 Å². The lowest BCUT2D eigenvalue weighted by Crippen LogP contribution is -2.43. The van der Waals surface area contributed by atoms with E-state index in [1.165, 1.54) is 0 Å². The summed E-state index contributed by atoms with van der Waals surface area (Å²) in [6.07, 6.45) is 1.29. The van der Waals surface area contributed by atoms with Crippen LogP contribution in [0.4, 0.5) is 0 Å². The minimum atomic E-state index is -1.72. The molecule has 0 amide bonds. The molecule has 1 saturated heterocycles. The summed E-state index contributed by atoms with van der Waals surface area (Å²) in [6, 6.07) is 0. The van der Waals surface area contributed by atoms with Gasteiger partial charge in [-0.1, -0.05) is 41.5 Å². The zero-order valence-corrected chi connectivity index (χ0v) is 15.6. The van der Waals surface area contributed by atoms with Gasteiger partial charge in [-0.2, -0.15) is 0 Å². The van der Waals surface area contributed by atoms with Crippen molar-refractivity contribution in [3.05, 3.63) is 0 Å². The minimum absolute atomic E-state index is 0.154. The average molecular weight is 303 g/mol. The van der Waals surface area contributed by atoms with Gasteiger partial charge in [-0.05, 0) is 24.6 Å². The second-order valence-electron chi connectivity index (χ2n) is 7.95. The third-order valence-electron chi connectivity index (χ3n) is 5.18. The Morgan fingerprint density at radius 3 is 2.20 bits per heavy atom. The normalized spacial score (nSPS) is 28.1. The highest BCUT2D eigenvalue weighted by Gasteiger charge is 2.45. The standard InChI is InChI=1S/C16H34O3Si/c1-9-13-15(19-13)12(3)14(17)11(2)10-18-20(7,8)16(4,5)6/h11-15,17H,9-10H2,1-8H3/t11-,12-,13+,14+,15-/m1/s1. The summed E-state index contributed by atoms with van der Waals surface area (Å²) in [5.74, 6) is 0.346. The van der Waals surface area contributed by atoms with Crippen molar-refractivity contribution in [2.75, 3.05) is 6.61 Å². The molecule has 1 fully saturated rings. The number of epoxide rings is 1.